The largest absolute Gasteiger partial charge is 0.383 e. The minimum absolute atomic E-state index is 0.150. The third kappa shape index (κ3) is 6.15. The molecule has 0 bridgehead atoms. The molecule has 15 heteroatoms. The lowest BCUT2D eigenvalue weighted by molar-refractivity contribution is -0.133. The topological polar surface area (TPSA) is 140 Å². The van der Waals surface area contributed by atoms with Crippen LogP contribution in [0.3, 0.4) is 0 Å². The zero-order chi connectivity index (χ0) is 31.1. The molecule has 2 aliphatic rings. The van der Waals surface area contributed by atoms with Crippen molar-refractivity contribution >= 4 is 51.9 Å². The number of carbonyl (C=O) groups is 3. The first-order valence-corrected chi connectivity index (χ1v) is 13.9. The van der Waals surface area contributed by atoms with Crippen LogP contribution in [-0.2, 0) is 14.4 Å². The van der Waals surface area contributed by atoms with Crippen LogP contribution in [0.25, 0.3) is 0 Å². The number of nitrogens with zero attached hydrogens (tertiary/aromatic N) is 5. The molecule has 1 saturated carbocycles. The van der Waals surface area contributed by atoms with Crippen molar-refractivity contribution in [2.24, 2.45) is 0 Å². The summed E-state index contributed by atoms with van der Waals surface area (Å²) in [5.41, 5.74) is -0.367. The summed E-state index contributed by atoms with van der Waals surface area (Å²) in [5.74, 6) is -8.49. The van der Waals surface area contributed by atoms with Gasteiger partial charge in [0.25, 0.3) is 17.7 Å². The quantitative estimate of drug-likeness (QED) is 0.284. The lowest BCUT2D eigenvalue weighted by Gasteiger charge is -2.39. The number of carbonyl (C=O) groups excluding carboxylic acids is 3. The first kappa shape index (κ1) is 30.3. The SMILES string of the molecule is N#Cc1ccnc(N2C(=O)[C@H](O)C[C@H]2C(=O)N(c2cc(F)cc(F)c2)[C@H](C(=O)NC2CC(F)(F)C2)c2ccccc2I)n1. The molecule has 0 unspecified atom stereocenters. The molecule has 2 aromatic carbocycles. The fourth-order valence-corrected chi connectivity index (χ4v) is 5.77. The number of hydrogen-bond donors (Lipinski definition) is 2. The van der Waals surface area contributed by atoms with Crippen molar-refractivity contribution < 1.29 is 37.1 Å². The lowest BCUT2D eigenvalue weighted by atomic mass is 9.87. The van der Waals surface area contributed by atoms with E-state index in [0.29, 0.717) is 9.64 Å². The Hall–Kier alpha value is -4.17. The second kappa shape index (κ2) is 11.8. The van der Waals surface area contributed by atoms with Gasteiger partial charge in [0.1, 0.15) is 41.6 Å². The van der Waals surface area contributed by atoms with E-state index in [1.165, 1.54) is 12.1 Å². The van der Waals surface area contributed by atoms with Crippen molar-refractivity contribution in [2.45, 2.75) is 49.4 Å². The van der Waals surface area contributed by atoms with Gasteiger partial charge >= 0.3 is 0 Å². The predicted octanol–water partition coefficient (Wildman–Crippen LogP) is 3.39. The number of benzene rings is 2. The van der Waals surface area contributed by atoms with E-state index < -0.39 is 90.4 Å². The molecule has 1 saturated heterocycles. The molecule has 1 aliphatic heterocycles. The van der Waals surface area contributed by atoms with Crippen LogP contribution in [-0.4, -0.2) is 56.9 Å². The standard InChI is InChI=1S/C28H21F4IN6O4/c29-14-7-15(30)9-18(8-14)38(23(19-3-1-2-4-20(19)33)24(41)36-17-11-28(31,32)12-17)25(42)21-10-22(40)26(43)39(21)27-35-6-5-16(13-34)37-27/h1-9,17,21-23,40H,10-12H2,(H,36,41)/t21-,22+,23-/m0/s1. The first-order chi connectivity index (χ1) is 20.4. The van der Waals surface area contributed by atoms with E-state index in [9.17, 15) is 42.3 Å². The highest BCUT2D eigenvalue weighted by molar-refractivity contribution is 14.1. The van der Waals surface area contributed by atoms with E-state index in [0.717, 1.165) is 28.1 Å². The minimum Gasteiger partial charge on any atom is -0.383 e. The molecule has 1 aromatic heterocycles. The second-order valence-corrected chi connectivity index (χ2v) is 11.2. The monoisotopic (exact) mass is 708 g/mol. The number of hydrogen-bond acceptors (Lipinski definition) is 7. The molecular weight excluding hydrogens is 687 g/mol. The summed E-state index contributed by atoms with van der Waals surface area (Å²) in [6, 6.07) is 7.32. The predicted molar refractivity (Wildman–Crippen MR) is 151 cm³/mol. The van der Waals surface area contributed by atoms with Crippen LogP contribution in [0.2, 0.25) is 0 Å². The molecule has 3 amide bonds. The third-order valence-electron chi connectivity index (χ3n) is 7.04. The highest BCUT2D eigenvalue weighted by atomic mass is 127. The van der Waals surface area contributed by atoms with Crippen LogP contribution in [0.4, 0.5) is 29.2 Å². The van der Waals surface area contributed by atoms with Gasteiger partial charge in [-0.3, -0.25) is 24.2 Å². The fourth-order valence-electron chi connectivity index (χ4n) is 5.09. The van der Waals surface area contributed by atoms with Crippen LogP contribution in [0.1, 0.15) is 36.6 Å². The lowest BCUT2D eigenvalue weighted by Crippen LogP contribution is -2.56. The zero-order valence-electron chi connectivity index (χ0n) is 21.9. The minimum atomic E-state index is -2.98. The number of anilines is 2. The van der Waals surface area contributed by atoms with Gasteiger partial charge in [0.2, 0.25) is 11.9 Å². The Labute approximate surface area is 255 Å². The number of nitriles is 1. The summed E-state index contributed by atoms with van der Waals surface area (Å²) >= 11 is 1.90. The summed E-state index contributed by atoms with van der Waals surface area (Å²) < 4.78 is 56.8. The molecular formula is C28H21F4IN6O4. The number of aliphatic hydroxyl groups excluding tert-OH is 1. The molecule has 43 heavy (non-hydrogen) atoms. The summed E-state index contributed by atoms with van der Waals surface area (Å²) in [6.07, 6.45) is -2.33. The number of amides is 3. The number of halogens is 5. The molecule has 2 fully saturated rings. The number of nitrogens with one attached hydrogen (secondary N) is 1. The fraction of sp³-hybridized carbons (Fsp3) is 0.286. The average Bonchev–Trinajstić information content (AvgIpc) is 3.24. The molecule has 5 rings (SSSR count). The molecule has 3 atom stereocenters. The van der Waals surface area contributed by atoms with E-state index in [1.54, 1.807) is 24.3 Å². The van der Waals surface area contributed by atoms with Crippen LogP contribution in [0, 0.1) is 26.5 Å². The molecule has 0 spiro atoms. The van der Waals surface area contributed by atoms with Crippen molar-refractivity contribution in [1.29, 1.82) is 5.26 Å². The van der Waals surface area contributed by atoms with E-state index in [-0.39, 0.29) is 11.3 Å². The van der Waals surface area contributed by atoms with Gasteiger partial charge in [-0.05, 0) is 52.4 Å². The van der Waals surface area contributed by atoms with E-state index in [2.05, 4.69) is 15.3 Å². The third-order valence-corrected chi connectivity index (χ3v) is 8.03. The van der Waals surface area contributed by atoms with Gasteiger partial charge in [-0.15, -0.1) is 0 Å². The molecule has 222 valence electrons. The smallest absolute Gasteiger partial charge is 0.259 e. The number of alkyl halides is 2. The Morgan fingerprint density at radius 1 is 1.16 bits per heavy atom. The van der Waals surface area contributed by atoms with Crippen LogP contribution >= 0.6 is 22.6 Å². The molecule has 1 aliphatic carbocycles. The molecule has 2 heterocycles. The number of rotatable bonds is 7. The molecule has 3 aromatic rings. The van der Waals surface area contributed by atoms with E-state index in [1.807, 2.05) is 22.6 Å². The molecule has 0 radical (unpaired) electrons. The normalized spacial score (nSPS) is 20.2. The van der Waals surface area contributed by atoms with E-state index >= 15 is 0 Å². The number of aliphatic hydroxyl groups is 1. The van der Waals surface area contributed by atoms with Gasteiger partial charge in [-0.1, -0.05) is 18.2 Å². The number of aromatic nitrogens is 2. The highest BCUT2D eigenvalue weighted by Gasteiger charge is 2.50. The summed E-state index contributed by atoms with van der Waals surface area (Å²) in [4.78, 5) is 50.8. The van der Waals surface area contributed by atoms with Gasteiger partial charge < -0.3 is 10.4 Å². The summed E-state index contributed by atoms with van der Waals surface area (Å²) in [6.45, 7) is 0. The molecule has 2 N–H and O–H groups in total. The maximum absolute atomic E-state index is 14.6. The summed E-state index contributed by atoms with van der Waals surface area (Å²) in [7, 11) is 0. The second-order valence-electron chi connectivity index (χ2n) is 10.1. The van der Waals surface area contributed by atoms with Crippen molar-refractivity contribution in [3.8, 4) is 6.07 Å². The Kier molecular flexibility index (Phi) is 8.34. The van der Waals surface area contributed by atoms with Crippen LogP contribution in [0.15, 0.2) is 54.7 Å². The van der Waals surface area contributed by atoms with Gasteiger partial charge in [0.15, 0.2) is 0 Å². The Morgan fingerprint density at radius 3 is 2.47 bits per heavy atom. The van der Waals surface area contributed by atoms with Crippen molar-refractivity contribution in [2.75, 3.05) is 9.80 Å². The van der Waals surface area contributed by atoms with Gasteiger partial charge in [0.05, 0.1) is 5.69 Å². The van der Waals surface area contributed by atoms with Crippen LogP contribution in [0.5, 0.6) is 0 Å². The van der Waals surface area contributed by atoms with Crippen molar-refractivity contribution in [3.63, 3.8) is 0 Å². The highest BCUT2D eigenvalue weighted by Crippen LogP contribution is 2.39. The van der Waals surface area contributed by atoms with Crippen molar-refractivity contribution in [1.82, 2.24) is 15.3 Å². The Balaban J connectivity index is 1.65. The van der Waals surface area contributed by atoms with Gasteiger partial charge in [-0.2, -0.15) is 5.26 Å². The van der Waals surface area contributed by atoms with Crippen LogP contribution < -0.4 is 15.1 Å². The Morgan fingerprint density at radius 2 is 1.84 bits per heavy atom. The zero-order valence-corrected chi connectivity index (χ0v) is 24.1. The van der Waals surface area contributed by atoms with Crippen molar-refractivity contribution in [3.05, 3.63) is 81.2 Å². The summed E-state index contributed by atoms with van der Waals surface area (Å²) in [5, 5.41) is 22.3. The van der Waals surface area contributed by atoms with Gasteiger partial charge in [0, 0.05) is 41.1 Å². The average molecular weight is 708 g/mol. The van der Waals surface area contributed by atoms with Gasteiger partial charge in [-0.25, -0.2) is 27.5 Å². The maximum atomic E-state index is 14.6. The molecule has 10 nitrogen and oxygen atoms in total. The maximum Gasteiger partial charge on any atom is 0.259 e. The Bertz CT molecular complexity index is 1630. The van der Waals surface area contributed by atoms with E-state index in [4.69, 9.17) is 0 Å². The first-order valence-electron chi connectivity index (χ1n) is 12.8.